The molecule has 26 heavy (non-hydrogen) atoms. The van der Waals surface area contributed by atoms with Crippen molar-refractivity contribution in [3.8, 4) is 11.5 Å². The molecule has 1 heterocycles. The van der Waals surface area contributed by atoms with E-state index < -0.39 is 18.2 Å². The highest BCUT2D eigenvalue weighted by Crippen LogP contribution is 2.38. The van der Waals surface area contributed by atoms with Crippen LogP contribution in [0.4, 0.5) is 13.2 Å². The van der Waals surface area contributed by atoms with E-state index in [1.54, 1.807) is 0 Å². The summed E-state index contributed by atoms with van der Waals surface area (Å²) in [6.45, 7) is 1.72. The van der Waals surface area contributed by atoms with E-state index in [0.29, 0.717) is 19.7 Å². The van der Waals surface area contributed by atoms with Crippen LogP contribution in [0, 0.1) is 0 Å². The summed E-state index contributed by atoms with van der Waals surface area (Å²) in [5.74, 6) is -0.551. The van der Waals surface area contributed by atoms with E-state index in [9.17, 15) is 13.2 Å². The predicted molar refractivity (Wildman–Crippen MR) is 90.6 cm³/mol. The van der Waals surface area contributed by atoms with Crippen LogP contribution in [0.2, 0.25) is 5.02 Å². The fourth-order valence-electron chi connectivity index (χ4n) is 2.70. The summed E-state index contributed by atoms with van der Waals surface area (Å²) in [5, 5.41) is 3.31. The molecule has 3 rings (SSSR count). The molecule has 2 aromatic rings. The maximum Gasteiger partial charge on any atom is 0.573 e. The first-order valence-corrected chi connectivity index (χ1v) is 8.39. The Kier molecular flexibility index (Phi) is 5.90. The Morgan fingerprint density at radius 1 is 1.12 bits per heavy atom. The average Bonchev–Trinajstić information content (AvgIpc) is 2.61. The third-order valence-electron chi connectivity index (χ3n) is 3.81. The standard InChI is InChI=1S/C18H17ClF3NO3/c19-13-6-7-14(15(10-13)26-18(20,21)22)25-17(12-4-2-1-3-5-12)16-11-23-8-9-24-16/h1-7,10,16-17,23H,8-9,11H2. The summed E-state index contributed by atoms with van der Waals surface area (Å²) in [7, 11) is 0. The molecule has 2 aromatic carbocycles. The number of ether oxygens (including phenoxy) is 3. The zero-order valence-electron chi connectivity index (χ0n) is 13.6. The SMILES string of the molecule is FC(F)(F)Oc1cc(Cl)ccc1OC(c1ccccc1)C1CNCCO1. The molecule has 140 valence electrons. The first-order chi connectivity index (χ1) is 12.4. The van der Waals surface area contributed by atoms with Gasteiger partial charge >= 0.3 is 6.36 Å². The smallest absolute Gasteiger partial charge is 0.479 e. The Hall–Kier alpha value is -1.96. The van der Waals surface area contributed by atoms with E-state index in [1.165, 1.54) is 12.1 Å². The van der Waals surface area contributed by atoms with Gasteiger partial charge in [0.15, 0.2) is 17.6 Å². The van der Waals surface area contributed by atoms with Gasteiger partial charge in [-0.2, -0.15) is 0 Å². The van der Waals surface area contributed by atoms with Crippen molar-refractivity contribution in [2.24, 2.45) is 0 Å². The zero-order valence-corrected chi connectivity index (χ0v) is 14.4. The molecule has 1 N–H and O–H groups in total. The lowest BCUT2D eigenvalue weighted by atomic mass is 10.0. The van der Waals surface area contributed by atoms with Crippen molar-refractivity contribution in [2.75, 3.05) is 19.7 Å². The Labute approximate surface area is 153 Å². The molecule has 4 nitrogen and oxygen atoms in total. The predicted octanol–water partition coefficient (Wildman–Crippen LogP) is 4.35. The molecule has 1 aliphatic heterocycles. The number of hydrogen-bond acceptors (Lipinski definition) is 4. The molecule has 0 aromatic heterocycles. The van der Waals surface area contributed by atoms with Crippen LogP contribution >= 0.6 is 11.6 Å². The lowest BCUT2D eigenvalue weighted by Crippen LogP contribution is -2.43. The van der Waals surface area contributed by atoms with Crippen LogP contribution in [0.3, 0.4) is 0 Å². The van der Waals surface area contributed by atoms with E-state index in [4.69, 9.17) is 21.1 Å². The van der Waals surface area contributed by atoms with Gasteiger partial charge in [0.05, 0.1) is 6.61 Å². The second-order valence-corrected chi connectivity index (χ2v) is 6.14. The molecule has 1 saturated heterocycles. The molecule has 0 aliphatic carbocycles. The Bertz CT molecular complexity index is 721. The number of nitrogens with one attached hydrogen (secondary N) is 1. The molecule has 8 heteroatoms. The molecule has 0 radical (unpaired) electrons. The van der Waals surface area contributed by atoms with Crippen molar-refractivity contribution >= 4 is 11.6 Å². The molecular formula is C18H17ClF3NO3. The van der Waals surface area contributed by atoms with E-state index in [0.717, 1.165) is 11.6 Å². The number of alkyl halides is 3. The third-order valence-corrected chi connectivity index (χ3v) is 4.04. The Morgan fingerprint density at radius 2 is 1.88 bits per heavy atom. The fraction of sp³-hybridized carbons (Fsp3) is 0.333. The summed E-state index contributed by atoms with van der Waals surface area (Å²) >= 11 is 5.81. The number of hydrogen-bond donors (Lipinski definition) is 1. The van der Waals surface area contributed by atoms with Gasteiger partial charge < -0.3 is 19.5 Å². The van der Waals surface area contributed by atoms with Gasteiger partial charge in [-0.25, -0.2) is 0 Å². The van der Waals surface area contributed by atoms with Crippen molar-refractivity contribution in [3.05, 3.63) is 59.1 Å². The van der Waals surface area contributed by atoms with Crippen LogP contribution in [-0.4, -0.2) is 32.2 Å². The summed E-state index contributed by atoms with van der Waals surface area (Å²) < 4.78 is 53.9. The lowest BCUT2D eigenvalue weighted by molar-refractivity contribution is -0.275. The molecule has 2 atom stereocenters. The number of rotatable bonds is 5. The minimum absolute atomic E-state index is 0.0604. The van der Waals surface area contributed by atoms with Crippen molar-refractivity contribution in [3.63, 3.8) is 0 Å². The lowest BCUT2D eigenvalue weighted by Gasteiger charge is -2.32. The molecule has 1 fully saturated rings. The van der Waals surface area contributed by atoms with E-state index >= 15 is 0 Å². The van der Waals surface area contributed by atoms with Crippen LogP contribution in [0.15, 0.2) is 48.5 Å². The van der Waals surface area contributed by atoms with E-state index in [2.05, 4.69) is 10.1 Å². The zero-order chi connectivity index (χ0) is 18.6. The molecule has 0 bridgehead atoms. The highest BCUT2D eigenvalue weighted by Gasteiger charge is 2.34. The van der Waals surface area contributed by atoms with Gasteiger partial charge in [0, 0.05) is 24.2 Å². The van der Waals surface area contributed by atoms with Gasteiger partial charge in [0.1, 0.15) is 6.10 Å². The van der Waals surface area contributed by atoms with Gasteiger partial charge in [0.2, 0.25) is 0 Å². The quantitative estimate of drug-likeness (QED) is 0.828. The molecule has 0 saturated carbocycles. The van der Waals surface area contributed by atoms with Gasteiger partial charge in [-0.3, -0.25) is 0 Å². The normalized spacial score (nSPS) is 19.0. The Morgan fingerprint density at radius 3 is 2.54 bits per heavy atom. The van der Waals surface area contributed by atoms with Crippen molar-refractivity contribution in [1.82, 2.24) is 5.32 Å². The average molecular weight is 388 g/mol. The minimum atomic E-state index is -4.85. The van der Waals surface area contributed by atoms with Crippen LogP contribution in [0.25, 0.3) is 0 Å². The first kappa shape index (κ1) is 18.8. The number of halogens is 4. The summed E-state index contributed by atoms with van der Waals surface area (Å²) in [6.07, 6.45) is -5.82. The van der Waals surface area contributed by atoms with Crippen molar-refractivity contribution in [2.45, 2.75) is 18.6 Å². The van der Waals surface area contributed by atoms with Gasteiger partial charge in [-0.1, -0.05) is 41.9 Å². The largest absolute Gasteiger partial charge is 0.573 e. The molecule has 0 spiro atoms. The highest BCUT2D eigenvalue weighted by atomic mass is 35.5. The van der Waals surface area contributed by atoms with Crippen LogP contribution < -0.4 is 14.8 Å². The first-order valence-electron chi connectivity index (χ1n) is 8.01. The summed E-state index contributed by atoms with van der Waals surface area (Å²) in [6, 6.07) is 13.1. The van der Waals surface area contributed by atoms with Gasteiger partial charge in [-0.15, -0.1) is 13.2 Å². The van der Waals surface area contributed by atoms with Gasteiger partial charge in [-0.05, 0) is 17.7 Å². The second-order valence-electron chi connectivity index (χ2n) is 5.70. The minimum Gasteiger partial charge on any atom is -0.479 e. The fourth-order valence-corrected chi connectivity index (χ4v) is 2.86. The summed E-state index contributed by atoms with van der Waals surface area (Å²) in [5.41, 5.74) is 0.786. The molecule has 0 amide bonds. The monoisotopic (exact) mass is 387 g/mol. The summed E-state index contributed by atoms with van der Waals surface area (Å²) in [4.78, 5) is 0. The molecule has 2 unspecified atom stereocenters. The molecular weight excluding hydrogens is 371 g/mol. The van der Waals surface area contributed by atoms with Crippen molar-refractivity contribution < 1.29 is 27.4 Å². The number of benzene rings is 2. The highest BCUT2D eigenvalue weighted by molar-refractivity contribution is 6.30. The maximum absolute atomic E-state index is 12.7. The van der Waals surface area contributed by atoms with Crippen LogP contribution in [0.1, 0.15) is 11.7 Å². The Balaban J connectivity index is 1.91. The third kappa shape index (κ3) is 5.03. The van der Waals surface area contributed by atoms with E-state index in [-0.39, 0.29) is 16.9 Å². The molecule has 1 aliphatic rings. The van der Waals surface area contributed by atoms with Gasteiger partial charge in [0.25, 0.3) is 0 Å². The topological polar surface area (TPSA) is 39.7 Å². The maximum atomic E-state index is 12.7. The van der Waals surface area contributed by atoms with Crippen LogP contribution in [-0.2, 0) is 4.74 Å². The van der Waals surface area contributed by atoms with Crippen molar-refractivity contribution in [1.29, 1.82) is 0 Å². The van der Waals surface area contributed by atoms with Crippen LogP contribution in [0.5, 0.6) is 11.5 Å². The second kappa shape index (κ2) is 8.16. The number of morpholine rings is 1. The van der Waals surface area contributed by atoms with E-state index in [1.807, 2.05) is 30.3 Å².